The van der Waals surface area contributed by atoms with Crippen LogP contribution in [0, 0.1) is 0 Å². The Hall–Kier alpha value is -2.69. The Morgan fingerprint density at radius 2 is 2.00 bits per heavy atom. The minimum absolute atomic E-state index is 0.206. The molecule has 1 heterocycles. The van der Waals surface area contributed by atoms with Crippen molar-refractivity contribution in [3.8, 4) is 17.2 Å². The lowest BCUT2D eigenvalue weighted by atomic mass is 10.1. The van der Waals surface area contributed by atoms with Crippen LogP contribution >= 0.6 is 0 Å². The van der Waals surface area contributed by atoms with E-state index in [9.17, 15) is 4.79 Å². The highest BCUT2D eigenvalue weighted by Crippen LogP contribution is 2.31. The van der Waals surface area contributed by atoms with E-state index in [2.05, 4.69) is 5.32 Å². The molecule has 22 heavy (non-hydrogen) atoms. The fraction of sp³-hybridized carbons (Fsp3) is 0.235. The summed E-state index contributed by atoms with van der Waals surface area (Å²) in [4.78, 5) is 12.4. The number of methoxy groups -OCH3 is 2. The lowest BCUT2D eigenvalue weighted by Crippen LogP contribution is -2.31. The third-order valence-electron chi connectivity index (χ3n) is 3.60. The van der Waals surface area contributed by atoms with Crippen LogP contribution in [0.25, 0.3) is 0 Å². The first-order chi connectivity index (χ1) is 10.7. The van der Waals surface area contributed by atoms with Crippen LogP contribution in [0.4, 0.5) is 5.69 Å². The lowest BCUT2D eigenvalue weighted by molar-refractivity contribution is -0.122. The van der Waals surface area contributed by atoms with E-state index in [4.69, 9.17) is 14.2 Å². The van der Waals surface area contributed by atoms with Crippen molar-refractivity contribution < 1.29 is 19.0 Å². The summed E-state index contributed by atoms with van der Waals surface area (Å²) >= 11 is 0. The summed E-state index contributed by atoms with van der Waals surface area (Å²) in [7, 11) is 3.13. The molecule has 0 saturated heterocycles. The van der Waals surface area contributed by atoms with Gasteiger partial charge in [0.05, 0.1) is 19.9 Å². The normalized spacial score (nSPS) is 15.6. The van der Waals surface area contributed by atoms with Crippen molar-refractivity contribution in [2.24, 2.45) is 0 Å². The second-order valence-corrected chi connectivity index (χ2v) is 4.97. The molecule has 5 nitrogen and oxygen atoms in total. The summed E-state index contributed by atoms with van der Waals surface area (Å²) in [5, 5.41) is 2.84. The molecular formula is C17H17NO4. The number of hydrogen-bond acceptors (Lipinski definition) is 4. The Morgan fingerprint density at radius 3 is 2.73 bits per heavy atom. The monoisotopic (exact) mass is 299 g/mol. The van der Waals surface area contributed by atoms with Crippen molar-refractivity contribution in [3.63, 3.8) is 0 Å². The average molecular weight is 299 g/mol. The number of fused-ring (bicyclic) bond motifs is 1. The van der Waals surface area contributed by atoms with Gasteiger partial charge in [-0.3, -0.25) is 4.79 Å². The largest absolute Gasteiger partial charge is 0.497 e. The summed E-state index contributed by atoms with van der Waals surface area (Å²) in [6.07, 6.45) is 0.0298. The van der Waals surface area contributed by atoms with E-state index in [0.29, 0.717) is 23.6 Å². The Labute approximate surface area is 128 Å². The van der Waals surface area contributed by atoms with Crippen LogP contribution in [0.1, 0.15) is 5.56 Å². The van der Waals surface area contributed by atoms with Gasteiger partial charge in [-0.15, -0.1) is 0 Å². The summed E-state index contributed by atoms with van der Waals surface area (Å²) in [6.45, 7) is 0. The molecule has 1 N–H and O–H groups in total. The quantitative estimate of drug-likeness (QED) is 0.943. The average Bonchev–Trinajstić information content (AvgIpc) is 2.99. The van der Waals surface area contributed by atoms with Gasteiger partial charge in [-0.2, -0.15) is 0 Å². The van der Waals surface area contributed by atoms with Gasteiger partial charge in [0.1, 0.15) is 17.2 Å². The maximum absolute atomic E-state index is 12.4. The predicted octanol–water partition coefficient (Wildman–Crippen LogP) is 2.65. The van der Waals surface area contributed by atoms with Crippen LogP contribution in [-0.4, -0.2) is 26.2 Å². The van der Waals surface area contributed by atoms with Crippen LogP contribution in [0.5, 0.6) is 17.2 Å². The zero-order chi connectivity index (χ0) is 15.5. The molecule has 0 spiro atoms. The third kappa shape index (κ3) is 2.70. The van der Waals surface area contributed by atoms with Gasteiger partial charge in [0.25, 0.3) is 5.91 Å². The molecule has 0 bridgehead atoms. The van der Waals surface area contributed by atoms with E-state index in [0.717, 1.165) is 11.3 Å². The third-order valence-corrected chi connectivity index (χ3v) is 3.60. The van der Waals surface area contributed by atoms with Gasteiger partial charge in [0, 0.05) is 12.5 Å². The first-order valence-corrected chi connectivity index (χ1v) is 6.98. The van der Waals surface area contributed by atoms with E-state index >= 15 is 0 Å². The Balaban J connectivity index is 1.75. The molecule has 2 aromatic carbocycles. The molecule has 114 valence electrons. The second-order valence-electron chi connectivity index (χ2n) is 4.97. The van der Waals surface area contributed by atoms with Crippen molar-refractivity contribution in [3.05, 3.63) is 48.0 Å². The van der Waals surface area contributed by atoms with Crippen molar-refractivity contribution in [2.75, 3.05) is 19.5 Å². The van der Waals surface area contributed by atoms with E-state index in [1.807, 2.05) is 24.3 Å². The first-order valence-electron chi connectivity index (χ1n) is 6.98. The molecule has 0 aliphatic carbocycles. The van der Waals surface area contributed by atoms with Gasteiger partial charge >= 0.3 is 0 Å². The molecule has 1 amide bonds. The van der Waals surface area contributed by atoms with Crippen LogP contribution in [0.2, 0.25) is 0 Å². The minimum atomic E-state index is -0.534. The molecule has 0 aromatic heterocycles. The maximum atomic E-state index is 12.4. The van der Waals surface area contributed by atoms with Gasteiger partial charge in [-0.1, -0.05) is 18.2 Å². The number of rotatable bonds is 4. The van der Waals surface area contributed by atoms with Gasteiger partial charge in [0.2, 0.25) is 0 Å². The number of nitrogens with one attached hydrogen (secondary N) is 1. The summed E-state index contributed by atoms with van der Waals surface area (Å²) in [5.41, 5.74) is 1.60. The zero-order valence-electron chi connectivity index (χ0n) is 12.5. The molecule has 0 fully saturated rings. The standard InChI is InChI=1S/C17H17NO4/c1-20-12-7-8-15(21-2)13(10-12)18-17(19)16-9-11-5-3-4-6-14(11)22-16/h3-8,10,16H,9H2,1-2H3,(H,18,19)/t16-/m1/s1. The summed E-state index contributed by atoms with van der Waals surface area (Å²) < 4.78 is 16.1. The molecular weight excluding hydrogens is 282 g/mol. The number of amides is 1. The maximum Gasteiger partial charge on any atom is 0.265 e. The van der Waals surface area contributed by atoms with Crippen molar-refractivity contribution in [1.82, 2.24) is 0 Å². The highest BCUT2D eigenvalue weighted by molar-refractivity contribution is 5.96. The number of hydrogen-bond donors (Lipinski definition) is 1. The highest BCUT2D eigenvalue weighted by atomic mass is 16.5. The first kappa shape index (κ1) is 14.3. The van der Waals surface area contributed by atoms with E-state index < -0.39 is 6.10 Å². The Bertz CT molecular complexity index is 674. The number of benzene rings is 2. The molecule has 2 aromatic rings. The van der Waals surface area contributed by atoms with E-state index in [1.54, 1.807) is 32.4 Å². The summed E-state index contributed by atoms with van der Waals surface area (Å²) in [6, 6.07) is 12.9. The Kier molecular flexibility index (Phi) is 3.87. The number of carbonyl (C=O) groups excluding carboxylic acids is 1. The second kappa shape index (κ2) is 5.97. The smallest absolute Gasteiger partial charge is 0.265 e. The minimum Gasteiger partial charge on any atom is -0.497 e. The van der Waals surface area contributed by atoms with E-state index in [-0.39, 0.29) is 5.91 Å². The SMILES string of the molecule is COc1ccc(OC)c(NC(=O)[C@H]2Cc3ccccc3O2)c1. The van der Waals surface area contributed by atoms with Crippen molar-refractivity contribution in [1.29, 1.82) is 0 Å². The fourth-order valence-corrected chi connectivity index (χ4v) is 2.45. The van der Waals surface area contributed by atoms with Crippen LogP contribution in [0.3, 0.4) is 0 Å². The van der Waals surface area contributed by atoms with Crippen LogP contribution in [0.15, 0.2) is 42.5 Å². The van der Waals surface area contributed by atoms with Crippen molar-refractivity contribution >= 4 is 11.6 Å². The topological polar surface area (TPSA) is 56.8 Å². The lowest BCUT2D eigenvalue weighted by Gasteiger charge is -2.14. The molecule has 1 aliphatic heterocycles. The Morgan fingerprint density at radius 1 is 1.18 bits per heavy atom. The predicted molar refractivity (Wildman–Crippen MR) is 82.7 cm³/mol. The highest BCUT2D eigenvalue weighted by Gasteiger charge is 2.29. The van der Waals surface area contributed by atoms with Gasteiger partial charge < -0.3 is 19.5 Å². The number of carbonyl (C=O) groups is 1. The molecule has 1 aliphatic rings. The van der Waals surface area contributed by atoms with Crippen LogP contribution < -0.4 is 19.5 Å². The molecule has 0 saturated carbocycles. The van der Waals surface area contributed by atoms with Gasteiger partial charge in [0.15, 0.2) is 6.10 Å². The number of ether oxygens (including phenoxy) is 3. The fourth-order valence-electron chi connectivity index (χ4n) is 2.45. The van der Waals surface area contributed by atoms with Gasteiger partial charge in [-0.25, -0.2) is 0 Å². The molecule has 5 heteroatoms. The molecule has 0 radical (unpaired) electrons. The molecule has 3 rings (SSSR count). The van der Waals surface area contributed by atoms with Gasteiger partial charge in [-0.05, 0) is 23.8 Å². The van der Waals surface area contributed by atoms with E-state index in [1.165, 1.54) is 0 Å². The number of anilines is 1. The molecule has 0 unspecified atom stereocenters. The zero-order valence-corrected chi connectivity index (χ0v) is 12.5. The molecule has 1 atom stereocenters. The van der Waals surface area contributed by atoms with Crippen molar-refractivity contribution in [2.45, 2.75) is 12.5 Å². The van der Waals surface area contributed by atoms with Crippen LogP contribution in [-0.2, 0) is 11.2 Å². The summed E-state index contributed by atoms with van der Waals surface area (Å²) in [5.74, 6) is 1.78. The number of para-hydroxylation sites is 1.